The molecule has 0 saturated heterocycles. The molecule has 0 amide bonds. The minimum atomic E-state index is -0.465. The Hall–Kier alpha value is -1.03. The van der Waals surface area contributed by atoms with Gasteiger partial charge in [0.05, 0.1) is 6.61 Å². The molecule has 0 saturated carbocycles. The van der Waals surface area contributed by atoms with Crippen molar-refractivity contribution in [3.63, 3.8) is 0 Å². The fourth-order valence-corrected chi connectivity index (χ4v) is 0.872. The lowest BCUT2D eigenvalue weighted by atomic mass is 9.65. The number of ether oxygens (including phenoxy) is 1. The second-order valence-electron chi connectivity index (χ2n) is 2.54. The van der Waals surface area contributed by atoms with E-state index in [1.165, 1.54) is 0 Å². The molecule has 0 radical (unpaired) electrons. The molecule has 0 bridgehead atoms. The third kappa shape index (κ3) is 2.24. The van der Waals surface area contributed by atoms with Crippen LogP contribution in [0.3, 0.4) is 0 Å². The molecule has 0 aliphatic carbocycles. The Balaban J connectivity index is 2.71. The minimum Gasteiger partial charge on any atom is -0.478 e. The molecule has 0 atom stereocenters. The van der Waals surface area contributed by atoms with Gasteiger partial charge in [-0.1, -0.05) is 12.9 Å². The van der Waals surface area contributed by atoms with Gasteiger partial charge in [-0.15, -0.1) is 0 Å². The molecule has 1 heterocycles. The summed E-state index contributed by atoms with van der Waals surface area (Å²) in [6, 6.07) is 3.56. The van der Waals surface area contributed by atoms with Crippen LogP contribution in [-0.4, -0.2) is 23.5 Å². The van der Waals surface area contributed by atoms with Crippen molar-refractivity contribution in [2.45, 2.75) is 13.7 Å². The van der Waals surface area contributed by atoms with E-state index in [1.54, 1.807) is 19.1 Å². The molecule has 0 aliphatic rings. The second kappa shape index (κ2) is 4.11. The number of hydrogen-bond acceptors (Lipinski definition) is 3. The maximum Gasteiger partial charge on any atom is 0.321 e. The fourth-order valence-electron chi connectivity index (χ4n) is 0.872. The van der Waals surface area contributed by atoms with E-state index in [0.29, 0.717) is 12.5 Å². The van der Waals surface area contributed by atoms with E-state index in [2.05, 4.69) is 4.98 Å². The molecule has 3 nitrogen and oxygen atoms in total. The third-order valence-electron chi connectivity index (χ3n) is 1.53. The summed E-state index contributed by atoms with van der Waals surface area (Å²) in [5.74, 6) is 0.599. The molecular formula is C8H12BNO2. The van der Waals surface area contributed by atoms with Crippen LogP contribution in [0.5, 0.6) is 5.88 Å². The minimum absolute atomic E-state index is 0.465. The SMILES string of the molecule is CCOc1ccc(B(C)O)cn1. The topological polar surface area (TPSA) is 42.4 Å². The van der Waals surface area contributed by atoms with E-state index < -0.39 is 6.92 Å². The Kier molecular flexibility index (Phi) is 3.11. The largest absolute Gasteiger partial charge is 0.478 e. The van der Waals surface area contributed by atoms with Gasteiger partial charge in [-0.05, 0) is 18.5 Å². The van der Waals surface area contributed by atoms with Crippen LogP contribution < -0.4 is 10.2 Å². The van der Waals surface area contributed by atoms with Gasteiger partial charge in [0.25, 0.3) is 0 Å². The van der Waals surface area contributed by atoms with Gasteiger partial charge in [-0.25, -0.2) is 4.98 Å². The molecule has 1 aromatic rings. The Morgan fingerprint density at radius 1 is 1.58 bits per heavy atom. The first kappa shape index (κ1) is 9.07. The normalized spacial score (nSPS) is 9.58. The summed E-state index contributed by atoms with van der Waals surface area (Å²) in [4.78, 5) is 4.01. The van der Waals surface area contributed by atoms with Crippen molar-refractivity contribution >= 4 is 12.4 Å². The summed E-state index contributed by atoms with van der Waals surface area (Å²) in [6.07, 6.45) is 1.62. The maximum atomic E-state index is 9.16. The van der Waals surface area contributed by atoms with Gasteiger partial charge < -0.3 is 9.76 Å². The average molecular weight is 165 g/mol. The number of nitrogens with zero attached hydrogens (tertiary/aromatic N) is 1. The number of rotatable bonds is 3. The van der Waals surface area contributed by atoms with E-state index in [4.69, 9.17) is 9.76 Å². The summed E-state index contributed by atoms with van der Waals surface area (Å²) in [5, 5.41) is 9.16. The van der Waals surface area contributed by atoms with E-state index in [1.807, 2.05) is 13.0 Å². The number of aromatic nitrogens is 1. The standard InChI is InChI=1S/C8H12BNO2/c1-3-12-8-5-4-7(6-10-8)9(2)11/h4-6,11H,3H2,1-2H3. The quantitative estimate of drug-likeness (QED) is 0.655. The van der Waals surface area contributed by atoms with Crippen LogP contribution in [0.2, 0.25) is 6.82 Å². The zero-order valence-corrected chi connectivity index (χ0v) is 7.32. The van der Waals surface area contributed by atoms with Crippen LogP contribution in [0.25, 0.3) is 0 Å². The highest BCUT2D eigenvalue weighted by Gasteiger charge is 2.05. The average Bonchev–Trinajstić information content (AvgIpc) is 2.06. The van der Waals surface area contributed by atoms with Gasteiger partial charge in [0.1, 0.15) is 0 Å². The van der Waals surface area contributed by atoms with Gasteiger partial charge >= 0.3 is 6.92 Å². The monoisotopic (exact) mass is 165 g/mol. The van der Waals surface area contributed by atoms with E-state index in [-0.39, 0.29) is 0 Å². The van der Waals surface area contributed by atoms with Crippen molar-refractivity contribution in [3.05, 3.63) is 18.3 Å². The molecule has 1 N–H and O–H groups in total. The molecule has 1 aromatic heterocycles. The zero-order valence-electron chi connectivity index (χ0n) is 7.32. The maximum absolute atomic E-state index is 9.16. The lowest BCUT2D eigenvalue weighted by Crippen LogP contribution is -2.26. The summed E-state index contributed by atoms with van der Waals surface area (Å²) in [5.41, 5.74) is 0.804. The van der Waals surface area contributed by atoms with Crippen molar-refractivity contribution in [2.75, 3.05) is 6.61 Å². The molecular weight excluding hydrogens is 153 g/mol. The van der Waals surface area contributed by atoms with Crippen LogP contribution in [0.4, 0.5) is 0 Å². The van der Waals surface area contributed by atoms with Crippen LogP contribution in [-0.2, 0) is 0 Å². The lowest BCUT2D eigenvalue weighted by molar-refractivity contribution is 0.327. The third-order valence-corrected chi connectivity index (χ3v) is 1.53. The molecule has 0 aromatic carbocycles. The van der Waals surface area contributed by atoms with Crippen molar-refractivity contribution < 1.29 is 9.76 Å². The van der Waals surface area contributed by atoms with Gasteiger partial charge in [-0.3, -0.25) is 0 Å². The van der Waals surface area contributed by atoms with Crippen LogP contribution >= 0.6 is 0 Å². The summed E-state index contributed by atoms with van der Waals surface area (Å²) in [6.45, 7) is 3.76. The first-order valence-electron chi connectivity index (χ1n) is 4.01. The van der Waals surface area contributed by atoms with Crippen LogP contribution in [0.15, 0.2) is 18.3 Å². The van der Waals surface area contributed by atoms with E-state index in [9.17, 15) is 0 Å². The highest BCUT2D eigenvalue weighted by molar-refractivity contribution is 6.64. The highest BCUT2D eigenvalue weighted by atomic mass is 16.5. The zero-order chi connectivity index (χ0) is 8.97. The van der Waals surface area contributed by atoms with E-state index >= 15 is 0 Å². The predicted octanol–water partition coefficient (Wildman–Crippen LogP) is 0.301. The summed E-state index contributed by atoms with van der Waals surface area (Å²) < 4.78 is 5.15. The molecule has 1 rings (SSSR count). The van der Waals surface area contributed by atoms with Crippen molar-refractivity contribution in [2.24, 2.45) is 0 Å². The number of pyridine rings is 1. The van der Waals surface area contributed by atoms with Crippen LogP contribution in [0, 0.1) is 0 Å². The molecule has 0 aliphatic heterocycles. The molecule has 0 unspecified atom stereocenters. The fraction of sp³-hybridized carbons (Fsp3) is 0.375. The van der Waals surface area contributed by atoms with Crippen molar-refractivity contribution in [1.29, 1.82) is 0 Å². The molecule has 0 fully saturated rings. The van der Waals surface area contributed by atoms with Gasteiger partial charge in [-0.2, -0.15) is 0 Å². The first-order valence-corrected chi connectivity index (χ1v) is 4.01. The Bertz CT molecular complexity index is 235. The Labute approximate surface area is 72.5 Å². The Morgan fingerprint density at radius 2 is 2.33 bits per heavy atom. The highest BCUT2D eigenvalue weighted by Crippen LogP contribution is 2.01. The Morgan fingerprint density at radius 3 is 2.75 bits per heavy atom. The molecule has 12 heavy (non-hydrogen) atoms. The smallest absolute Gasteiger partial charge is 0.321 e. The molecule has 0 spiro atoms. The van der Waals surface area contributed by atoms with Crippen molar-refractivity contribution in [3.8, 4) is 5.88 Å². The summed E-state index contributed by atoms with van der Waals surface area (Å²) in [7, 11) is 0. The second-order valence-corrected chi connectivity index (χ2v) is 2.54. The van der Waals surface area contributed by atoms with Crippen molar-refractivity contribution in [1.82, 2.24) is 4.98 Å². The van der Waals surface area contributed by atoms with Gasteiger partial charge in [0.15, 0.2) is 0 Å². The first-order chi connectivity index (χ1) is 5.74. The van der Waals surface area contributed by atoms with E-state index in [0.717, 1.165) is 5.46 Å². The number of hydrogen-bond donors (Lipinski definition) is 1. The molecule has 64 valence electrons. The van der Waals surface area contributed by atoms with Crippen LogP contribution in [0.1, 0.15) is 6.92 Å². The summed E-state index contributed by atoms with van der Waals surface area (Å²) >= 11 is 0. The molecule has 4 heteroatoms. The van der Waals surface area contributed by atoms with Gasteiger partial charge in [0.2, 0.25) is 5.88 Å². The predicted molar refractivity (Wildman–Crippen MR) is 48.9 cm³/mol. The van der Waals surface area contributed by atoms with Gasteiger partial charge in [0, 0.05) is 6.20 Å². The lowest BCUT2D eigenvalue weighted by Gasteiger charge is -2.03.